The van der Waals surface area contributed by atoms with E-state index in [4.69, 9.17) is 11.6 Å². The highest BCUT2D eigenvalue weighted by Crippen LogP contribution is 2.16. The Bertz CT molecular complexity index is 495. The minimum atomic E-state index is 0.594. The van der Waals surface area contributed by atoms with Gasteiger partial charge in [-0.05, 0) is 13.5 Å². The van der Waals surface area contributed by atoms with Crippen LogP contribution in [-0.2, 0) is 19.5 Å². The van der Waals surface area contributed by atoms with Crippen molar-refractivity contribution in [2.24, 2.45) is 0 Å². The minimum absolute atomic E-state index is 0.594. The van der Waals surface area contributed by atoms with E-state index in [1.807, 2.05) is 5.51 Å². The topological polar surface area (TPSA) is 44.8 Å². The summed E-state index contributed by atoms with van der Waals surface area (Å²) in [6, 6.07) is 0. The Morgan fingerprint density at radius 1 is 1.42 bits per heavy atom. The van der Waals surface area contributed by atoms with Crippen LogP contribution in [0, 0.1) is 0 Å². The number of aromatic amines is 1. The first kappa shape index (κ1) is 14.5. The molecule has 2 aromatic heterocycles. The fourth-order valence-corrected chi connectivity index (χ4v) is 2.68. The molecule has 1 N–H and O–H groups in total. The van der Waals surface area contributed by atoms with Gasteiger partial charge in [-0.3, -0.25) is 4.90 Å². The maximum atomic E-state index is 6.17. The third-order valence-electron chi connectivity index (χ3n) is 2.89. The van der Waals surface area contributed by atoms with Crippen molar-refractivity contribution in [1.82, 2.24) is 19.9 Å². The summed E-state index contributed by atoms with van der Waals surface area (Å²) in [4.78, 5) is 14.2. The lowest BCUT2D eigenvalue weighted by atomic mass is 10.2. The van der Waals surface area contributed by atoms with Crippen molar-refractivity contribution in [1.29, 1.82) is 0 Å². The molecule has 104 valence electrons. The third kappa shape index (κ3) is 4.30. The molecule has 19 heavy (non-hydrogen) atoms. The summed E-state index contributed by atoms with van der Waals surface area (Å²) in [5.74, 6) is 0.990. The number of hydrogen-bond donors (Lipinski definition) is 1. The number of hydrogen-bond acceptors (Lipinski definition) is 4. The van der Waals surface area contributed by atoms with E-state index in [9.17, 15) is 0 Å². The molecule has 4 nitrogen and oxygen atoms in total. The largest absolute Gasteiger partial charge is 0.344 e. The van der Waals surface area contributed by atoms with Crippen LogP contribution < -0.4 is 0 Å². The second-order valence-corrected chi connectivity index (χ2v) is 5.79. The molecule has 0 saturated heterocycles. The van der Waals surface area contributed by atoms with Gasteiger partial charge in [-0.1, -0.05) is 24.9 Å². The third-order valence-corrected chi connectivity index (χ3v) is 3.84. The van der Waals surface area contributed by atoms with Crippen molar-refractivity contribution >= 4 is 22.9 Å². The van der Waals surface area contributed by atoms with Crippen LogP contribution in [0.25, 0.3) is 0 Å². The van der Waals surface area contributed by atoms with Crippen molar-refractivity contribution in [2.75, 3.05) is 7.05 Å². The zero-order valence-electron chi connectivity index (χ0n) is 11.3. The number of thiazole rings is 1. The molecule has 0 saturated carbocycles. The van der Waals surface area contributed by atoms with Crippen molar-refractivity contribution < 1.29 is 0 Å². The standard InChI is InChI=1S/C13H19ClN4S/c1-3-4-5-12-16-11(13(14)17-12)7-18(2)6-10-8-19-9-15-10/h8-9H,3-7H2,1-2H3,(H,16,17). The van der Waals surface area contributed by atoms with Crippen LogP contribution in [0.4, 0.5) is 0 Å². The molecule has 0 amide bonds. The molecule has 0 aliphatic heterocycles. The van der Waals surface area contributed by atoms with E-state index >= 15 is 0 Å². The van der Waals surface area contributed by atoms with E-state index in [0.29, 0.717) is 5.15 Å². The first-order valence-electron chi connectivity index (χ1n) is 6.48. The van der Waals surface area contributed by atoms with E-state index in [-0.39, 0.29) is 0 Å². The highest BCUT2D eigenvalue weighted by Gasteiger charge is 2.11. The molecule has 0 atom stereocenters. The molecule has 2 heterocycles. The molecule has 2 aromatic rings. The molecule has 2 rings (SSSR count). The lowest BCUT2D eigenvalue weighted by molar-refractivity contribution is 0.312. The fraction of sp³-hybridized carbons (Fsp3) is 0.538. The number of H-pyrrole nitrogens is 1. The normalized spacial score (nSPS) is 11.4. The molecule has 0 aliphatic carbocycles. The Kier molecular flexibility index (Phi) is 5.36. The first-order valence-corrected chi connectivity index (χ1v) is 7.80. The van der Waals surface area contributed by atoms with Crippen LogP contribution in [-0.4, -0.2) is 26.9 Å². The van der Waals surface area contributed by atoms with Gasteiger partial charge in [-0.25, -0.2) is 9.97 Å². The Hall–Kier alpha value is -0.910. The van der Waals surface area contributed by atoms with Crippen LogP contribution in [0.3, 0.4) is 0 Å². The Morgan fingerprint density at radius 2 is 2.26 bits per heavy atom. The number of imidazole rings is 1. The molecule has 6 heteroatoms. The maximum absolute atomic E-state index is 6.17. The first-order chi connectivity index (χ1) is 9.19. The van der Waals surface area contributed by atoms with Crippen LogP contribution in [0.1, 0.15) is 37.0 Å². The summed E-state index contributed by atoms with van der Waals surface area (Å²) >= 11 is 7.79. The van der Waals surface area contributed by atoms with E-state index in [0.717, 1.165) is 49.6 Å². The molecule has 0 radical (unpaired) electrons. The quantitative estimate of drug-likeness (QED) is 0.851. The molecular formula is C13H19ClN4S. The van der Waals surface area contributed by atoms with Gasteiger partial charge in [0.2, 0.25) is 0 Å². The van der Waals surface area contributed by atoms with Gasteiger partial charge in [0.1, 0.15) is 5.82 Å². The molecular weight excluding hydrogens is 280 g/mol. The smallest absolute Gasteiger partial charge is 0.151 e. The molecule has 0 aromatic carbocycles. The summed E-state index contributed by atoms with van der Waals surface area (Å²) in [6.07, 6.45) is 3.27. The average Bonchev–Trinajstić information content (AvgIpc) is 2.98. The highest BCUT2D eigenvalue weighted by atomic mass is 35.5. The number of nitrogens with zero attached hydrogens (tertiary/aromatic N) is 3. The average molecular weight is 299 g/mol. The van der Waals surface area contributed by atoms with Gasteiger partial charge >= 0.3 is 0 Å². The molecule has 0 bridgehead atoms. The second-order valence-electron chi connectivity index (χ2n) is 4.71. The zero-order chi connectivity index (χ0) is 13.7. The van der Waals surface area contributed by atoms with E-state index < -0.39 is 0 Å². The van der Waals surface area contributed by atoms with E-state index in [1.165, 1.54) is 0 Å². The molecule has 0 unspecified atom stereocenters. The minimum Gasteiger partial charge on any atom is -0.344 e. The number of rotatable bonds is 7. The maximum Gasteiger partial charge on any atom is 0.151 e. The van der Waals surface area contributed by atoms with E-state index in [1.54, 1.807) is 11.3 Å². The number of aromatic nitrogens is 3. The Morgan fingerprint density at radius 3 is 2.95 bits per heavy atom. The Balaban J connectivity index is 1.92. The summed E-state index contributed by atoms with van der Waals surface area (Å²) in [5.41, 5.74) is 3.94. The zero-order valence-corrected chi connectivity index (χ0v) is 12.9. The SMILES string of the molecule is CCCCc1nc(Cl)c(CN(C)Cc2cscn2)[nH]1. The monoisotopic (exact) mass is 298 g/mol. The lowest BCUT2D eigenvalue weighted by Gasteiger charge is -2.14. The highest BCUT2D eigenvalue weighted by molar-refractivity contribution is 7.07. The summed E-state index contributed by atoms with van der Waals surface area (Å²) in [5, 5.41) is 2.66. The van der Waals surface area contributed by atoms with Gasteiger partial charge in [0.05, 0.1) is 16.9 Å². The van der Waals surface area contributed by atoms with Crippen molar-refractivity contribution in [2.45, 2.75) is 39.3 Å². The molecule has 0 spiro atoms. The van der Waals surface area contributed by atoms with Gasteiger partial charge in [0.15, 0.2) is 5.15 Å². The van der Waals surface area contributed by atoms with Gasteiger partial charge in [0.25, 0.3) is 0 Å². The second kappa shape index (κ2) is 7.03. The number of unbranched alkanes of at least 4 members (excludes halogenated alkanes) is 1. The van der Waals surface area contributed by atoms with Crippen LogP contribution in [0.2, 0.25) is 5.15 Å². The van der Waals surface area contributed by atoms with Gasteiger partial charge in [-0.15, -0.1) is 11.3 Å². The predicted molar refractivity (Wildman–Crippen MR) is 79.5 cm³/mol. The van der Waals surface area contributed by atoms with Gasteiger partial charge in [0, 0.05) is 24.9 Å². The van der Waals surface area contributed by atoms with Crippen LogP contribution >= 0.6 is 22.9 Å². The predicted octanol–water partition coefficient (Wildman–Crippen LogP) is 3.49. The number of nitrogens with one attached hydrogen (secondary N) is 1. The Labute approximate surface area is 122 Å². The molecule has 0 aliphatic rings. The fourth-order valence-electron chi connectivity index (χ4n) is 1.93. The van der Waals surface area contributed by atoms with Crippen molar-refractivity contribution in [3.63, 3.8) is 0 Å². The summed E-state index contributed by atoms with van der Waals surface area (Å²) in [7, 11) is 2.06. The number of aryl methyl sites for hydroxylation is 1. The van der Waals surface area contributed by atoms with Crippen LogP contribution in [0.15, 0.2) is 10.9 Å². The summed E-state index contributed by atoms with van der Waals surface area (Å²) in [6.45, 7) is 3.76. The van der Waals surface area contributed by atoms with Crippen molar-refractivity contribution in [3.05, 3.63) is 33.3 Å². The number of halogens is 1. The van der Waals surface area contributed by atoms with Crippen molar-refractivity contribution in [3.8, 4) is 0 Å². The lowest BCUT2D eigenvalue weighted by Crippen LogP contribution is -2.17. The van der Waals surface area contributed by atoms with E-state index in [2.05, 4.69) is 39.2 Å². The van der Waals surface area contributed by atoms with Gasteiger partial charge in [-0.2, -0.15) is 0 Å². The molecule has 0 fully saturated rings. The van der Waals surface area contributed by atoms with Gasteiger partial charge < -0.3 is 4.98 Å². The summed E-state index contributed by atoms with van der Waals surface area (Å²) < 4.78 is 0. The van der Waals surface area contributed by atoms with Crippen LogP contribution in [0.5, 0.6) is 0 Å².